The molecule has 0 bridgehead atoms. The van der Waals surface area contributed by atoms with E-state index in [-0.39, 0.29) is 17.9 Å². The number of aryl methyl sites for hydroxylation is 2. The number of rotatable bonds is 7. The number of nitrogens with one attached hydrogen (secondary N) is 1. The number of allylic oxidation sites excluding steroid dienone is 1. The predicted octanol–water partition coefficient (Wildman–Crippen LogP) is 3.70. The molecular formula is C25H35N3O4S. The zero-order valence-electron chi connectivity index (χ0n) is 20.1. The molecular weight excluding hydrogens is 438 g/mol. The highest BCUT2D eigenvalue weighted by molar-refractivity contribution is 7.92. The molecule has 7 nitrogen and oxygen atoms in total. The van der Waals surface area contributed by atoms with E-state index in [0.29, 0.717) is 24.4 Å². The Labute approximate surface area is 197 Å². The highest BCUT2D eigenvalue weighted by atomic mass is 32.2. The first kappa shape index (κ1) is 26.7. The van der Waals surface area contributed by atoms with Crippen LogP contribution in [0, 0.1) is 13.8 Å². The zero-order valence-corrected chi connectivity index (χ0v) is 20.9. The predicted molar refractivity (Wildman–Crippen MR) is 131 cm³/mol. The lowest BCUT2D eigenvalue weighted by Crippen LogP contribution is -2.54. The van der Waals surface area contributed by atoms with Gasteiger partial charge in [0.05, 0.1) is 10.9 Å². The first-order valence-corrected chi connectivity index (χ1v) is 12.9. The molecule has 2 unspecified atom stereocenters. The molecule has 8 heteroatoms. The van der Waals surface area contributed by atoms with Crippen molar-refractivity contribution in [1.29, 1.82) is 0 Å². The van der Waals surface area contributed by atoms with E-state index >= 15 is 0 Å². The van der Waals surface area contributed by atoms with Gasteiger partial charge in [-0.05, 0) is 75.0 Å². The van der Waals surface area contributed by atoms with Gasteiger partial charge in [0, 0.05) is 17.9 Å². The van der Waals surface area contributed by atoms with Crippen LogP contribution in [0.4, 0.5) is 0 Å². The summed E-state index contributed by atoms with van der Waals surface area (Å²) in [6.07, 6.45) is 5.32. The van der Waals surface area contributed by atoms with Crippen LogP contribution < -0.4 is 5.32 Å². The third-order valence-electron chi connectivity index (χ3n) is 5.68. The molecule has 0 saturated carbocycles. The fourth-order valence-corrected chi connectivity index (χ4v) is 6.04. The van der Waals surface area contributed by atoms with Crippen LogP contribution in [0.5, 0.6) is 0 Å². The van der Waals surface area contributed by atoms with Crippen LogP contribution >= 0.6 is 0 Å². The number of hydrogen-bond donors (Lipinski definition) is 2. The number of aromatic nitrogens is 1. The van der Waals surface area contributed by atoms with Crippen molar-refractivity contribution in [3.8, 4) is 0 Å². The number of amides is 1. The summed E-state index contributed by atoms with van der Waals surface area (Å²) >= 11 is 0. The molecule has 2 aromatic rings. The second kappa shape index (κ2) is 12.1. The Morgan fingerprint density at radius 3 is 2.48 bits per heavy atom. The second-order valence-corrected chi connectivity index (χ2v) is 10.0. The van der Waals surface area contributed by atoms with Crippen molar-refractivity contribution in [3.63, 3.8) is 0 Å². The summed E-state index contributed by atoms with van der Waals surface area (Å²) in [5, 5.41) is 12.5. The van der Waals surface area contributed by atoms with Crippen LogP contribution in [0.2, 0.25) is 0 Å². The quantitative estimate of drug-likeness (QED) is 0.361. The molecule has 1 aromatic heterocycles. The average Bonchev–Trinajstić information content (AvgIpc) is 2.82. The van der Waals surface area contributed by atoms with Gasteiger partial charge in [-0.25, -0.2) is 13.5 Å². The molecule has 0 spiro atoms. The van der Waals surface area contributed by atoms with E-state index in [1.165, 1.54) is 0 Å². The molecule has 0 radical (unpaired) electrons. The van der Waals surface area contributed by atoms with E-state index in [4.69, 9.17) is 0 Å². The van der Waals surface area contributed by atoms with Gasteiger partial charge in [0.1, 0.15) is 5.25 Å². The van der Waals surface area contributed by atoms with Crippen LogP contribution in [0.25, 0.3) is 6.08 Å². The number of carbonyl (C=O) groups excluding carboxylic acids is 1. The fraction of sp³-hybridized carbons (Fsp3) is 0.440. The molecule has 1 saturated heterocycles. The molecule has 2 heterocycles. The highest BCUT2D eigenvalue weighted by Gasteiger charge is 2.39. The van der Waals surface area contributed by atoms with Crippen LogP contribution in [0.15, 0.2) is 41.3 Å². The summed E-state index contributed by atoms with van der Waals surface area (Å²) in [6, 6.07) is 8.14. The topological polar surface area (TPSA) is 99.6 Å². The van der Waals surface area contributed by atoms with Crippen molar-refractivity contribution in [1.82, 2.24) is 15.4 Å². The van der Waals surface area contributed by atoms with Crippen LogP contribution in [0.1, 0.15) is 55.3 Å². The Morgan fingerprint density at radius 1 is 1.21 bits per heavy atom. The van der Waals surface area contributed by atoms with Gasteiger partial charge in [-0.1, -0.05) is 38.1 Å². The molecule has 1 aliphatic heterocycles. The first-order chi connectivity index (χ1) is 15.8. The molecule has 180 valence electrons. The van der Waals surface area contributed by atoms with E-state index in [0.717, 1.165) is 28.1 Å². The molecule has 1 amide bonds. The van der Waals surface area contributed by atoms with Crippen molar-refractivity contribution in [3.05, 3.63) is 64.5 Å². The second-order valence-electron chi connectivity index (χ2n) is 7.87. The Kier molecular flexibility index (Phi) is 9.76. The van der Waals surface area contributed by atoms with E-state index in [1.807, 2.05) is 58.9 Å². The first-order valence-electron chi connectivity index (χ1n) is 11.3. The minimum atomic E-state index is -3.73. The normalized spacial score (nSPS) is 18.5. The summed E-state index contributed by atoms with van der Waals surface area (Å²) in [7, 11) is -3.73. The van der Waals surface area contributed by atoms with Crippen molar-refractivity contribution >= 4 is 22.3 Å². The number of sulfone groups is 1. The summed E-state index contributed by atoms with van der Waals surface area (Å²) < 4.78 is 26.4. The van der Waals surface area contributed by atoms with Crippen molar-refractivity contribution in [2.75, 3.05) is 13.1 Å². The Bertz CT molecular complexity index is 1070. The van der Waals surface area contributed by atoms with Gasteiger partial charge in [-0.3, -0.25) is 15.0 Å². The summed E-state index contributed by atoms with van der Waals surface area (Å²) in [6.45, 7) is 10.6. The molecule has 1 fully saturated rings. The number of pyridine rings is 1. The summed E-state index contributed by atoms with van der Waals surface area (Å²) in [5.41, 5.74) is 5.12. The van der Waals surface area contributed by atoms with Crippen molar-refractivity contribution < 1.29 is 18.4 Å². The Morgan fingerprint density at radius 2 is 1.88 bits per heavy atom. The molecule has 0 aliphatic carbocycles. The van der Waals surface area contributed by atoms with Crippen LogP contribution in [0.3, 0.4) is 0 Å². The number of nitrogens with zero attached hydrogens (tertiary/aromatic N) is 2. The number of hydroxylamine groups is 2. The molecule has 2 N–H and O–H groups in total. The van der Waals surface area contributed by atoms with Gasteiger partial charge >= 0.3 is 0 Å². The van der Waals surface area contributed by atoms with Gasteiger partial charge in [0.15, 0.2) is 9.84 Å². The molecule has 3 rings (SSSR count). The lowest BCUT2D eigenvalue weighted by atomic mass is 9.98. The lowest BCUT2D eigenvalue weighted by Gasteiger charge is -2.34. The maximum Gasteiger partial charge on any atom is 0.233 e. The third kappa shape index (κ3) is 6.28. The van der Waals surface area contributed by atoms with Crippen LogP contribution in [-0.4, -0.2) is 54.5 Å². The fourth-order valence-electron chi connectivity index (χ4n) is 4.17. The third-order valence-corrected chi connectivity index (χ3v) is 7.89. The SMILES string of the molecule is C/C=C\c1c(Cc2ccc(S(=O)(=O)C3CNCCC3N(O)C=O)cc2)cc(C)nc1C.CC. The van der Waals surface area contributed by atoms with Gasteiger partial charge in [-0.15, -0.1) is 0 Å². The standard InChI is InChI=1S/C23H29N3O4S.C2H6/c1-4-5-21-17(3)25-16(2)12-19(21)13-18-6-8-20(9-7-18)31(29,30)23-14-24-11-10-22(23)26(28)15-27;1-2/h4-9,12,15,22-24,28H,10-11,13-14H2,1-3H3;1-2H3/b5-4-;. The monoisotopic (exact) mass is 473 g/mol. The largest absolute Gasteiger partial charge is 0.315 e. The van der Waals surface area contributed by atoms with Crippen LogP contribution in [-0.2, 0) is 21.1 Å². The number of benzene rings is 1. The van der Waals surface area contributed by atoms with Gasteiger partial charge in [0.2, 0.25) is 6.41 Å². The maximum absolute atomic E-state index is 13.2. The van der Waals surface area contributed by atoms with E-state index in [2.05, 4.69) is 16.4 Å². The Hall–Kier alpha value is -2.55. The lowest BCUT2D eigenvalue weighted by molar-refractivity contribution is -0.161. The maximum atomic E-state index is 13.2. The Balaban J connectivity index is 0.00000187. The van der Waals surface area contributed by atoms with E-state index < -0.39 is 21.1 Å². The number of hydrogen-bond acceptors (Lipinski definition) is 6. The molecule has 1 aliphatic rings. The van der Waals surface area contributed by atoms with Gasteiger partial charge < -0.3 is 5.32 Å². The number of piperidine rings is 1. The van der Waals surface area contributed by atoms with Gasteiger partial charge in [0.25, 0.3) is 0 Å². The average molecular weight is 474 g/mol. The number of carbonyl (C=O) groups is 1. The summed E-state index contributed by atoms with van der Waals surface area (Å²) in [4.78, 5) is 15.7. The zero-order chi connectivity index (χ0) is 24.6. The molecule has 1 aromatic carbocycles. The minimum Gasteiger partial charge on any atom is -0.315 e. The smallest absolute Gasteiger partial charge is 0.233 e. The van der Waals surface area contributed by atoms with Crippen molar-refractivity contribution in [2.45, 2.75) is 63.6 Å². The summed E-state index contributed by atoms with van der Waals surface area (Å²) in [5.74, 6) is 0. The molecule has 33 heavy (non-hydrogen) atoms. The van der Waals surface area contributed by atoms with Gasteiger partial charge in [-0.2, -0.15) is 0 Å². The molecule has 2 atom stereocenters. The van der Waals surface area contributed by atoms with Crippen molar-refractivity contribution in [2.24, 2.45) is 0 Å². The van der Waals surface area contributed by atoms with E-state index in [1.54, 1.807) is 12.1 Å². The van der Waals surface area contributed by atoms with E-state index in [9.17, 15) is 18.4 Å². The minimum absolute atomic E-state index is 0.182. The highest BCUT2D eigenvalue weighted by Crippen LogP contribution is 2.25.